The summed E-state index contributed by atoms with van der Waals surface area (Å²) < 4.78 is 14.4. The number of aryl methyl sites for hydroxylation is 1. The predicted octanol–water partition coefficient (Wildman–Crippen LogP) is 2.80. The molecule has 0 radical (unpaired) electrons. The van der Waals surface area contributed by atoms with Crippen LogP contribution in [0, 0.1) is 11.3 Å². The lowest BCUT2D eigenvalue weighted by atomic mass is 10.1. The number of hydrogen-bond donors (Lipinski definition) is 2. The van der Waals surface area contributed by atoms with Crippen molar-refractivity contribution in [2.75, 3.05) is 0 Å². The monoisotopic (exact) mass is 311 g/mol. The van der Waals surface area contributed by atoms with E-state index in [1.54, 1.807) is 13.0 Å². The van der Waals surface area contributed by atoms with Crippen molar-refractivity contribution in [3.63, 3.8) is 0 Å². The Bertz CT molecular complexity index is 766. The van der Waals surface area contributed by atoms with Gasteiger partial charge < -0.3 is 11.5 Å². The Kier molecular flexibility index (Phi) is 5.26. The fraction of sp³-hybridized carbons (Fsp3) is 0.235. The number of nitrogens with two attached hydrogens (primary N) is 2. The van der Waals surface area contributed by atoms with Gasteiger partial charge in [0.05, 0.1) is 12.0 Å². The van der Waals surface area contributed by atoms with Gasteiger partial charge in [-0.1, -0.05) is 12.1 Å². The number of fused-ring (bicyclic) bond motifs is 1. The first kappa shape index (κ1) is 16.4. The number of rotatable bonds is 3. The van der Waals surface area contributed by atoms with Gasteiger partial charge in [-0.25, -0.2) is 14.4 Å². The minimum atomic E-state index is -0.696. The number of amidine groups is 1. The minimum Gasteiger partial charge on any atom is -0.390 e. The second kappa shape index (κ2) is 7.36. The molecule has 0 saturated carbocycles. The number of hydrogen-bond acceptors (Lipinski definition) is 3. The standard InChI is InChI=1S/C17H18FN5/c1-11(15(21)9-19)8-14(18)17(22-10-20)23-16-7-3-5-12-4-2-6-13(12)16/h3,5,7-8,10H,2,4,6,21H2,1H3,(H2,20,22,23). The van der Waals surface area contributed by atoms with Crippen molar-refractivity contribution in [3.8, 4) is 6.07 Å². The molecule has 0 unspecified atom stereocenters. The lowest BCUT2D eigenvalue weighted by Gasteiger charge is -2.05. The molecule has 4 N–H and O–H groups in total. The smallest absolute Gasteiger partial charge is 0.190 e. The second-order valence-corrected chi connectivity index (χ2v) is 5.18. The summed E-state index contributed by atoms with van der Waals surface area (Å²) in [6, 6.07) is 7.55. The number of aliphatic imine (C=N–C) groups is 2. The average Bonchev–Trinajstić information content (AvgIpc) is 3.03. The van der Waals surface area contributed by atoms with Crippen LogP contribution in [0.5, 0.6) is 0 Å². The SMILES string of the molecule is CC(C=C(F)C(N=CN)=Nc1cccc2c1CCC2)=C(N)C#N. The van der Waals surface area contributed by atoms with Gasteiger partial charge in [-0.3, -0.25) is 0 Å². The van der Waals surface area contributed by atoms with Crippen molar-refractivity contribution in [1.29, 1.82) is 5.26 Å². The van der Waals surface area contributed by atoms with Crippen molar-refractivity contribution in [2.24, 2.45) is 21.5 Å². The summed E-state index contributed by atoms with van der Waals surface area (Å²) in [5, 5.41) is 8.74. The maximum atomic E-state index is 14.4. The number of halogens is 1. The van der Waals surface area contributed by atoms with E-state index in [0.29, 0.717) is 11.3 Å². The van der Waals surface area contributed by atoms with Crippen LogP contribution in [0.3, 0.4) is 0 Å². The fourth-order valence-corrected chi connectivity index (χ4v) is 2.45. The molecular formula is C17H18FN5. The molecule has 23 heavy (non-hydrogen) atoms. The summed E-state index contributed by atoms with van der Waals surface area (Å²) in [7, 11) is 0. The van der Waals surface area contributed by atoms with Crippen molar-refractivity contribution in [2.45, 2.75) is 26.2 Å². The summed E-state index contributed by atoms with van der Waals surface area (Å²) in [6.07, 6.45) is 5.11. The van der Waals surface area contributed by atoms with Gasteiger partial charge in [-0.15, -0.1) is 0 Å². The predicted molar refractivity (Wildman–Crippen MR) is 89.9 cm³/mol. The quantitative estimate of drug-likeness (QED) is 0.388. The third-order valence-electron chi connectivity index (χ3n) is 3.65. The molecule has 1 aromatic carbocycles. The molecule has 1 aliphatic carbocycles. The number of allylic oxidation sites excluding steroid dienone is 3. The van der Waals surface area contributed by atoms with Gasteiger partial charge in [0.15, 0.2) is 11.7 Å². The van der Waals surface area contributed by atoms with E-state index < -0.39 is 5.83 Å². The molecule has 0 fully saturated rings. The molecule has 0 atom stereocenters. The zero-order chi connectivity index (χ0) is 16.8. The number of benzene rings is 1. The highest BCUT2D eigenvalue weighted by Crippen LogP contribution is 2.31. The van der Waals surface area contributed by atoms with Crippen molar-refractivity contribution >= 4 is 17.9 Å². The maximum Gasteiger partial charge on any atom is 0.190 e. The Balaban J connectivity index is 2.46. The van der Waals surface area contributed by atoms with E-state index in [1.807, 2.05) is 12.1 Å². The highest BCUT2D eigenvalue weighted by molar-refractivity contribution is 6.02. The molecule has 118 valence electrons. The molecular weight excluding hydrogens is 293 g/mol. The fourth-order valence-electron chi connectivity index (χ4n) is 2.45. The molecule has 0 amide bonds. The first-order chi connectivity index (χ1) is 11.1. The molecule has 0 saturated heterocycles. The van der Waals surface area contributed by atoms with Gasteiger partial charge >= 0.3 is 0 Å². The van der Waals surface area contributed by atoms with Crippen LogP contribution in [0.15, 0.2) is 51.4 Å². The first-order valence-electron chi connectivity index (χ1n) is 7.24. The Hall–Kier alpha value is -2.94. The highest BCUT2D eigenvalue weighted by atomic mass is 19.1. The summed E-state index contributed by atoms with van der Waals surface area (Å²) in [4.78, 5) is 8.10. The lowest BCUT2D eigenvalue weighted by Crippen LogP contribution is -2.02. The molecule has 5 nitrogen and oxygen atoms in total. The minimum absolute atomic E-state index is 0.0585. The molecule has 0 bridgehead atoms. The topological polar surface area (TPSA) is 101 Å². The van der Waals surface area contributed by atoms with E-state index >= 15 is 0 Å². The zero-order valence-corrected chi connectivity index (χ0v) is 12.9. The molecule has 2 rings (SSSR count). The normalized spacial score (nSPS) is 16.2. The van der Waals surface area contributed by atoms with Gasteiger partial charge in [0.25, 0.3) is 0 Å². The van der Waals surface area contributed by atoms with E-state index in [2.05, 4.69) is 16.1 Å². The number of nitriles is 1. The number of nitrogens with zero attached hydrogens (tertiary/aromatic N) is 3. The summed E-state index contributed by atoms with van der Waals surface area (Å²) >= 11 is 0. The molecule has 1 aliphatic rings. The van der Waals surface area contributed by atoms with Crippen molar-refractivity contribution < 1.29 is 4.39 Å². The Morgan fingerprint density at radius 3 is 2.87 bits per heavy atom. The highest BCUT2D eigenvalue weighted by Gasteiger charge is 2.15. The van der Waals surface area contributed by atoms with Crippen LogP contribution in [0.2, 0.25) is 0 Å². The van der Waals surface area contributed by atoms with Crippen LogP contribution in [0.25, 0.3) is 0 Å². The Morgan fingerprint density at radius 2 is 2.17 bits per heavy atom. The van der Waals surface area contributed by atoms with Gasteiger partial charge in [0.1, 0.15) is 11.8 Å². The zero-order valence-electron chi connectivity index (χ0n) is 12.9. The molecule has 0 aliphatic heterocycles. The molecule has 0 heterocycles. The second-order valence-electron chi connectivity index (χ2n) is 5.18. The Labute approximate surface area is 134 Å². The summed E-state index contributed by atoms with van der Waals surface area (Å²) in [5.41, 5.74) is 14.1. The van der Waals surface area contributed by atoms with E-state index in [9.17, 15) is 4.39 Å². The van der Waals surface area contributed by atoms with Gasteiger partial charge in [0, 0.05) is 0 Å². The molecule has 1 aromatic rings. The molecule has 0 aromatic heterocycles. The third-order valence-corrected chi connectivity index (χ3v) is 3.65. The summed E-state index contributed by atoms with van der Waals surface area (Å²) in [6.45, 7) is 1.54. The largest absolute Gasteiger partial charge is 0.390 e. The van der Waals surface area contributed by atoms with Crippen LogP contribution in [0.4, 0.5) is 10.1 Å². The Morgan fingerprint density at radius 1 is 1.39 bits per heavy atom. The van der Waals surface area contributed by atoms with Gasteiger partial charge in [-0.2, -0.15) is 5.26 Å². The molecule has 0 spiro atoms. The van der Waals surface area contributed by atoms with E-state index in [-0.39, 0.29) is 11.5 Å². The van der Waals surface area contributed by atoms with Crippen molar-refractivity contribution in [1.82, 2.24) is 0 Å². The maximum absolute atomic E-state index is 14.4. The van der Waals surface area contributed by atoms with Crippen LogP contribution in [0.1, 0.15) is 24.5 Å². The van der Waals surface area contributed by atoms with Crippen LogP contribution >= 0.6 is 0 Å². The van der Waals surface area contributed by atoms with E-state index in [4.69, 9.17) is 16.7 Å². The third kappa shape index (κ3) is 3.83. The average molecular weight is 311 g/mol. The van der Waals surface area contributed by atoms with Gasteiger partial charge in [0.2, 0.25) is 0 Å². The van der Waals surface area contributed by atoms with Gasteiger partial charge in [-0.05, 0) is 55.0 Å². The van der Waals surface area contributed by atoms with Crippen LogP contribution in [-0.4, -0.2) is 12.2 Å². The van der Waals surface area contributed by atoms with Crippen LogP contribution in [-0.2, 0) is 12.8 Å². The van der Waals surface area contributed by atoms with E-state index in [1.165, 1.54) is 5.56 Å². The molecule has 6 heteroatoms. The summed E-state index contributed by atoms with van der Waals surface area (Å²) in [5.74, 6) is -0.837. The van der Waals surface area contributed by atoms with Crippen LogP contribution < -0.4 is 11.5 Å². The van der Waals surface area contributed by atoms with Crippen molar-refractivity contribution in [3.05, 3.63) is 52.5 Å². The van der Waals surface area contributed by atoms with E-state index in [0.717, 1.165) is 37.2 Å². The lowest BCUT2D eigenvalue weighted by molar-refractivity contribution is 0.678. The first-order valence-corrected chi connectivity index (χ1v) is 7.24.